The maximum atomic E-state index is 13.0. The Kier molecular flexibility index (Phi) is 3.89. The smallest absolute Gasteiger partial charge is 0.259 e. The van der Waals surface area contributed by atoms with E-state index in [1.54, 1.807) is 36.9 Å². The second-order valence-electron chi connectivity index (χ2n) is 5.36. The molecule has 1 heterocycles. The Bertz CT molecular complexity index is 919. The van der Waals surface area contributed by atoms with Crippen LogP contribution in [0.3, 0.4) is 0 Å². The maximum Gasteiger partial charge on any atom is 0.277 e. The zero-order valence-electron chi connectivity index (χ0n) is 12.5. The molecule has 0 unspecified atom stereocenters. The van der Waals surface area contributed by atoms with E-state index in [4.69, 9.17) is 0 Å². The number of hydrogen-bond donors (Lipinski definition) is 0. The van der Waals surface area contributed by atoms with Gasteiger partial charge in [0, 0.05) is 16.5 Å². The SMILES string of the molecule is Cc1c([N+](=O)[O-])c(C)c2cnn(Cc3ccc(F)cc3)c2c1Br. The molecule has 0 saturated heterocycles. The van der Waals surface area contributed by atoms with Gasteiger partial charge in [-0.15, -0.1) is 0 Å². The van der Waals surface area contributed by atoms with Gasteiger partial charge >= 0.3 is 0 Å². The highest BCUT2D eigenvalue weighted by Crippen LogP contribution is 2.38. The van der Waals surface area contributed by atoms with E-state index in [1.165, 1.54) is 12.1 Å². The summed E-state index contributed by atoms with van der Waals surface area (Å²) >= 11 is 3.46. The van der Waals surface area contributed by atoms with Gasteiger partial charge in [0.05, 0.1) is 27.7 Å². The normalized spacial score (nSPS) is 11.1. The van der Waals surface area contributed by atoms with Crippen molar-refractivity contribution in [1.82, 2.24) is 9.78 Å². The van der Waals surface area contributed by atoms with Gasteiger partial charge in [0.25, 0.3) is 5.69 Å². The molecule has 0 radical (unpaired) electrons. The molecule has 0 aliphatic rings. The molecule has 0 amide bonds. The largest absolute Gasteiger partial charge is 0.277 e. The first-order valence-corrected chi connectivity index (χ1v) is 7.72. The van der Waals surface area contributed by atoms with Crippen molar-refractivity contribution in [3.8, 4) is 0 Å². The van der Waals surface area contributed by atoms with Crippen LogP contribution in [0.2, 0.25) is 0 Å². The van der Waals surface area contributed by atoms with E-state index in [-0.39, 0.29) is 16.4 Å². The third-order valence-corrected chi connectivity index (χ3v) is 4.89. The first-order valence-electron chi connectivity index (χ1n) is 6.93. The van der Waals surface area contributed by atoms with Gasteiger partial charge in [0.2, 0.25) is 0 Å². The Hall–Kier alpha value is -2.28. The molecule has 0 bridgehead atoms. The van der Waals surface area contributed by atoms with Crippen molar-refractivity contribution in [2.24, 2.45) is 0 Å². The first kappa shape index (κ1) is 15.6. The molecule has 0 aliphatic carbocycles. The van der Waals surface area contributed by atoms with Gasteiger partial charge < -0.3 is 0 Å². The zero-order chi connectivity index (χ0) is 16.7. The Morgan fingerprint density at radius 3 is 2.52 bits per heavy atom. The summed E-state index contributed by atoms with van der Waals surface area (Å²) in [4.78, 5) is 10.9. The lowest BCUT2D eigenvalue weighted by atomic mass is 10.0. The second-order valence-corrected chi connectivity index (χ2v) is 6.15. The van der Waals surface area contributed by atoms with Crippen LogP contribution in [0.4, 0.5) is 10.1 Å². The number of fused-ring (bicyclic) bond motifs is 1. The summed E-state index contributed by atoms with van der Waals surface area (Å²) in [5.74, 6) is -0.289. The van der Waals surface area contributed by atoms with Crippen molar-refractivity contribution in [3.63, 3.8) is 0 Å². The van der Waals surface area contributed by atoms with Gasteiger partial charge in [-0.2, -0.15) is 5.10 Å². The summed E-state index contributed by atoms with van der Waals surface area (Å²) in [6.45, 7) is 3.90. The fourth-order valence-corrected chi connectivity index (χ4v) is 3.34. The summed E-state index contributed by atoms with van der Waals surface area (Å²) in [6, 6.07) is 6.19. The van der Waals surface area contributed by atoms with Crippen LogP contribution in [0.15, 0.2) is 34.9 Å². The minimum atomic E-state index is -0.369. The van der Waals surface area contributed by atoms with Crippen molar-refractivity contribution in [2.75, 3.05) is 0 Å². The maximum absolute atomic E-state index is 13.0. The summed E-state index contributed by atoms with van der Waals surface area (Å²) in [5, 5.41) is 16.4. The molecule has 3 aromatic rings. The molecule has 0 spiro atoms. The number of benzene rings is 2. The highest BCUT2D eigenvalue weighted by atomic mass is 79.9. The summed E-state index contributed by atoms with van der Waals surface area (Å²) < 4.78 is 15.4. The molecule has 0 saturated carbocycles. The van der Waals surface area contributed by atoms with E-state index < -0.39 is 0 Å². The lowest BCUT2D eigenvalue weighted by Crippen LogP contribution is -2.04. The molecule has 7 heteroatoms. The molecular formula is C16H13BrFN3O2. The minimum Gasteiger partial charge on any atom is -0.259 e. The fraction of sp³-hybridized carbons (Fsp3) is 0.188. The lowest BCUT2D eigenvalue weighted by molar-refractivity contribution is -0.385. The van der Waals surface area contributed by atoms with Crippen LogP contribution in [0, 0.1) is 29.8 Å². The number of rotatable bonds is 3. The molecule has 1 aromatic heterocycles. The predicted molar refractivity (Wildman–Crippen MR) is 89.1 cm³/mol. The standard InChI is InChI=1S/C16H13BrFN3O2/c1-9-13-7-19-20(8-11-3-5-12(18)6-4-11)16(13)14(17)10(2)15(9)21(22)23/h3-7H,8H2,1-2H3. The van der Waals surface area contributed by atoms with Gasteiger partial charge in [0.1, 0.15) is 5.82 Å². The Balaban J connectivity index is 2.17. The van der Waals surface area contributed by atoms with Crippen LogP contribution < -0.4 is 0 Å². The van der Waals surface area contributed by atoms with Gasteiger partial charge in [-0.05, 0) is 47.5 Å². The number of nitrogens with zero attached hydrogens (tertiary/aromatic N) is 3. The summed E-state index contributed by atoms with van der Waals surface area (Å²) in [6.07, 6.45) is 1.63. The molecule has 5 nitrogen and oxygen atoms in total. The number of halogens is 2. The number of aryl methyl sites for hydroxylation is 1. The minimum absolute atomic E-state index is 0.103. The van der Waals surface area contributed by atoms with E-state index in [0.717, 1.165) is 16.5 Å². The molecule has 3 rings (SSSR count). The van der Waals surface area contributed by atoms with Crippen LogP contribution in [0.1, 0.15) is 16.7 Å². The Morgan fingerprint density at radius 2 is 1.91 bits per heavy atom. The third-order valence-electron chi connectivity index (χ3n) is 3.92. The van der Waals surface area contributed by atoms with Crippen LogP contribution in [-0.2, 0) is 6.54 Å². The first-order chi connectivity index (χ1) is 10.9. The molecule has 0 fully saturated rings. The average Bonchev–Trinajstić information content (AvgIpc) is 2.91. The number of aromatic nitrogens is 2. The van der Waals surface area contributed by atoms with Gasteiger partial charge in [-0.25, -0.2) is 4.39 Å². The molecule has 0 aliphatic heterocycles. The van der Waals surface area contributed by atoms with Crippen LogP contribution in [0.5, 0.6) is 0 Å². The topological polar surface area (TPSA) is 61.0 Å². The van der Waals surface area contributed by atoms with E-state index in [0.29, 0.717) is 22.1 Å². The number of nitro groups is 1. The van der Waals surface area contributed by atoms with Crippen molar-refractivity contribution in [3.05, 3.63) is 67.6 Å². The molecule has 0 N–H and O–H groups in total. The summed E-state index contributed by atoms with van der Waals surface area (Å²) in [7, 11) is 0. The molecule has 2 aromatic carbocycles. The van der Waals surface area contributed by atoms with Gasteiger partial charge in [-0.3, -0.25) is 14.8 Å². The third kappa shape index (κ3) is 2.61. The van der Waals surface area contributed by atoms with E-state index in [9.17, 15) is 14.5 Å². The number of hydrogen-bond acceptors (Lipinski definition) is 3. The quantitative estimate of drug-likeness (QED) is 0.498. The number of nitro benzene ring substituents is 1. The van der Waals surface area contributed by atoms with E-state index in [1.807, 2.05) is 0 Å². The molecule has 118 valence electrons. The van der Waals surface area contributed by atoms with Gasteiger partial charge in [-0.1, -0.05) is 12.1 Å². The molecular weight excluding hydrogens is 365 g/mol. The Morgan fingerprint density at radius 1 is 1.26 bits per heavy atom. The fourth-order valence-electron chi connectivity index (χ4n) is 2.74. The van der Waals surface area contributed by atoms with Crippen LogP contribution in [0.25, 0.3) is 10.9 Å². The van der Waals surface area contributed by atoms with Crippen molar-refractivity contribution in [1.29, 1.82) is 0 Å². The van der Waals surface area contributed by atoms with Crippen LogP contribution in [-0.4, -0.2) is 14.7 Å². The second kappa shape index (κ2) is 5.73. The highest BCUT2D eigenvalue weighted by Gasteiger charge is 2.24. The molecule has 23 heavy (non-hydrogen) atoms. The van der Waals surface area contributed by atoms with Crippen molar-refractivity contribution in [2.45, 2.75) is 20.4 Å². The predicted octanol–water partition coefficient (Wildman–Crippen LogP) is 4.51. The van der Waals surface area contributed by atoms with Crippen molar-refractivity contribution < 1.29 is 9.31 Å². The van der Waals surface area contributed by atoms with E-state index >= 15 is 0 Å². The average molecular weight is 378 g/mol. The lowest BCUT2D eigenvalue weighted by Gasteiger charge is -2.10. The van der Waals surface area contributed by atoms with Crippen molar-refractivity contribution >= 4 is 32.5 Å². The van der Waals surface area contributed by atoms with E-state index in [2.05, 4.69) is 21.0 Å². The van der Waals surface area contributed by atoms with Crippen LogP contribution >= 0.6 is 15.9 Å². The highest BCUT2D eigenvalue weighted by molar-refractivity contribution is 9.10. The van der Waals surface area contributed by atoms with Gasteiger partial charge in [0.15, 0.2) is 0 Å². The molecule has 0 atom stereocenters. The summed E-state index contributed by atoms with van der Waals surface area (Å²) in [5.41, 5.74) is 2.97. The zero-order valence-corrected chi connectivity index (χ0v) is 14.1. The Labute approximate surface area is 140 Å². The monoisotopic (exact) mass is 377 g/mol.